The van der Waals surface area contributed by atoms with Crippen molar-refractivity contribution in [1.29, 1.82) is 0 Å². The Labute approximate surface area is 94.8 Å². The zero-order chi connectivity index (χ0) is 12.3. The van der Waals surface area contributed by atoms with Crippen LogP contribution in [0.15, 0.2) is 12.1 Å². The third kappa shape index (κ3) is 2.33. The molecule has 0 spiro atoms. The molecule has 0 fully saturated rings. The van der Waals surface area contributed by atoms with Crippen LogP contribution in [0.1, 0.15) is 22.8 Å². The molecule has 0 aliphatic heterocycles. The van der Waals surface area contributed by atoms with Gasteiger partial charge in [0.05, 0.1) is 14.2 Å². The molecule has 1 rings (SSSR count). The first-order valence-corrected chi connectivity index (χ1v) is 4.92. The Morgan fingerprint density at radius 1 is 1.25 bits per heavy atom. The Morgan fingerprint density at radius 2 is 1.75 bits per heavy atom. The maximum atomic E-state index is 11.2. The molecule has 88 valence electrons. The summed E-state index contributed by atoms with van der Waals surface area (Å²) in [6.45, 7) is 3.72. The lowest BCUT2D eigenvalue weighted by molar-refractivity contribution is -0.150. The van der Waals surface area contributed by atoms with Crippen LogP contribution in [0.3, 0.4) is 0 Å². The van der Waals surface area contributed by atoms with Crippen LogP contribution in [0.5, 0.6) is 5.75 Å². The summed E-state index contributed by atoms with van der Waals surface area (Å²) in [4.78, 5) is 11.2. The first-order chi connectivity index (χ1) is 7.51. The van der Waals surface area contributed by atoms with E-state index in [1.165, 1.54) is 7.11 Å². The Bertz CT molecular complexity index is 375. The molecule has 0 radical (unpaired) electrons. The van der Waals surface area contributed by atoms with Crippen LogP contribution in [0.25, 0.3) is 0 Å². The fourth-order valence-electron chi connectivity index (χ4n) is 1.71. The molecule has 0 saturated carbocycles. The highest BCUT2D eigenvalue weighted by Crippen LogP contribution is 2.27. The predicted octanol–water partition coefficient (Wildman–Crippen LogP) is 1.52. The van der Waals surface area contributed by atoms with Crippen LogP contribution in [0.2, 0.25) is 0 Å². The highest BCUT2D eigenvalue weighted by molar-refractivity contribution is 5.76. The van der Waals surface area contributed by atoms with Gasteiger partial charge in [0.2, 0.25) is 0 Å². The van der Waals surface area contributed by atoms with Crippen molar-refractivity contribution in [2.45, 2.75) is 20.0 Å². The number of hydrogen-bond acceptors (Lipinski definition) is 4. The second-order valence-electron chi connectivity index (χ2n) is 3.61. The quantitative estimate of drug-likeness (QED) is 0.791. The van der Waals surface area contributed by atoms with E-state index < -0.39 is 12.1 Å². The third-order valence-corrected chi connectivity index (χ3v) is 2.43. The lowest BCUT2D eigenvalue weighted by atomic mass is 10.0. The van der Waals surface area contributed by atoms with Gasteiger partial charge in [0, 0.05) is 0 Å². The van der Waals surface area contributed by atoms with Gasteiger partial charge in [-0.3, -0.25) is 0 Å². The van der Waals surface area contributed by atoms with E-state index >= 15 is 0 Å². The Morgan fingerprint density at radius 3 is 2.12 bits per heavy atom. The molecule has 16 heavy (non-hydrogen) atoms. The minimum atomic E-state index is -1.24. The number of ether oxygens (including phenoxy) is 2. The highest BCUT2D eigenvalue weighted by atomic mass is 16.5. The van der Waals surface area contributed by atoms with Gasteiger partial charge in [0.1, 0.15) is 5.75 Å². The van der Waals surface area contributed by atoms with Crippen LogP contribution in [-0.4, -0.2) is 25.3 Å². The van der Waals surface area contributed by atoms with Gasteiger partial charge in [-0.15, -0.1) is 0 Å². The number of aliphatic hydroxyl groups excluding tert-OH is 1. The number of aryl methyl sites for hydroxylation is 2. The first kappa shape index (κ1) is 12.5. The average molecular weight is 224 g/mol. The van der Waals surface area contributed by atoms with Crippen LogP contribution >= 0.6 is 0 Å². The summed E-state index contributed by atoms with van der Waals surface area (Å²) >= 11 is 0. The minimum Gasteiger partial charge on any atom is -0.496 e. The van der Waals surface area contributed by atoms with Gasteiger partial charge in [-0.05, 0) is 42.7 Å². The Hall–Kier alpha value is -1.55. The van der Waals surface area contributed by atoms with E-state index in [1.807, 2.05) is 13.8 Å². The largest absolute Gasteiger partial charge is 0.496 e. The van der Waals surface area contributed by atoms with E-state index in [0.717, 1.165) is 16.9 Å². The van der Waals surface area contributed by atoms with Crippen LogP contribution < -0.4 is 4.74 Å². The second-order valence-corrected chi connectivity index (χ2v) is 3.61. The van der Waals surface area contributed by atoms with Gasteiger partial charge < -0.3 is 14.6 Å². The molecule has 0 heterocycles. The van der Waals surface area contributed by atoms with Crippen molar-refractivity contribution in [3.05, 3.63) is 28.8 Å². The van der Waals surface area contributed by atoms with Crippen LogP contribution in [0, 0.1) is 13.8 Å². The number of hydrogen-bond donors (Lipinski definition) is 1. The molecule has 0 amide bonds. The maximum absolute atomic E-state index is 11.2. The SMILES string of the molecule is COC(=O)C(O)c1cc(C)c(OC)c(C)c1. The highest BCUT2D eigenvalue weighted by Gasteiger charge is 2.19. The summed E-state index contributed by atoms with van der Waals surface area (Å²) in [5, 5.41) is 9.69. The fourth-order valence-corrected chi connectivity index (χ4v) is 1.71. The Kier molecular flexibility index (Phi) is 3.90. The van der Waals surface area contributed by atoms with Gasteiger partial charge >= 0.3 is 5.97 Å². The number of benzene rings is 1. The van der Waals surface area contributed by atoms with E-state index in [4.69, 9.17) is 4.74 Å². The van der Waals surface area contributed by atoms with Crippen molar-refractivity contribution in [2.75, 3.05) is 14.2 Å². The van der Waals surface area contributed by atoms with Gasteiger partial charge in [0.25, 0.3) is 0 Å². The van der Waals surface area contributed by atoms with Crippen molar-refractivity contribution < 1.29 is 19.4 Å². The number of esters is 1. The van der Waals surface area contributed by atoms with Crippen molar-refractivity contribution in [1.82, 2.24) is 0 Å². The molecule has 1 atom stereocenters. The second kappa shape index (κ2) is 4.99. The molecule has 1 aromatic rings. The summed E-state index contributed by atoms with van der Waals surface area (Å²) in [6, 6.07) is 3.43. The molecule has 0 aromatic heterocycles. The third-order valence-electron chi connectivity index (χ3n) is 2.43. The lowest BCUT2D eigenvalue weighted by Crippen LogP contribution is -2.14. The molecule has 0 aliphatic rings. The number of aliphatic hydroxyl groups is 1. The normalized spacial score (nSPS) is 12.1. The number of carbonyl (C=O) groups excluding carboxylic acids is 1. The van der Waals surface area contributed by atoms with Crippen molar-refractivity contribution in [3.63, 3.8) is 0 Å². The summed E-state index contributed by atoms with van der Waals surface area (Å²) in [5.74, 6) is 0.102. The van der Waals surface area contributed by atoms with Crippen LogP contribution in [0.4, 0.5) is 0 Å². The van der Waals surface area contributed by atoms with E-state index in [0.29, 0.717) is 5.56 Å². The van der Waals surface area contributed by atoms with Crippen molar-refractivity contribution in [3.8, 4) is 5.75 Å². The zero-order valence-electron chi connectivity index (χ0n) is 9.90. The zero-order valence-corrected chi connectivity index (χ0v) is 9.90. The Balaban J connectivity index is 3.13. The smallest absolute Gasteiger partial charge is 0.339 e. The van der Waals surface area contributed by atoms with E-state index in [1.54, 1.807) is 19.2 Å². The van der Waals surface area contributed by atoms with Gasteiger partial charge in [-0.1, -0.05) is 0 Å². The number of rotatable bonds is 3. The summed E-state index contributed by atoms with van der Waals surface area (Å²) in [5.41, 5.74) is 2.27. The topological polar surface area (TPSA) is 55.8 Å². The molecule has 1 unspecified atom stereocenters. The maximum Gasteiger partial charge on any atom is 0.339 e. The van der Waals surface area contributed by atoms with E-state index in [9.17, 15) is 9.90 Å². The lowest BCUT2D eigenvalue weighted by Gasteiger charge is -2.14. The number of methoxy groups -OCH3 is 2. The molecule has 1 aromatic carbocycles. The summed E-state index contributed by atoms with van der Waals surface area (Å²) in [7, 11) is 2.83. The van der Waals surface area contributed by atoms with E-state index in [2.05, 4.69) is 4.74 Å². The van der Waals surface area contributed by atoms with Gasteiger partial charge in [-0.25, -0.2) is 4.79 Å². The standard InChI is InChI=1S/C12H16O4/c1-7-5-9(10(13)12(14)16-4)6-8(2)11(7)15-3/h5-6,10,13H,1-4H3. The van der Waals surface area contributed by atoms with Crippen molar-refractivity contribution in [2.24, 2.45) is 0 Å². The molecule has 0 saturated heterocycles. The number of carbonyl (C=O) groups is 1. The predicted molar refractivity (Wildman–Crippen MR) is 59.4 cm³/mol. The average Bonchev–Trinajstić information content (AvgIpc) is 2.26. The molecule has 1 N–H and O–H groups in total. The molecule has 0 aliphatic carbocycles. The van der Waals surface area contributed by atoms with Crippen LogP contribution in [-0.2, 0) is 9.53 Å². The molecule has 4 heteroatoms. The minimum absolute atomic E-state index is 0.516. The van der Waals surface area contributed by atoms with Crippen molar-refractivity contribution >= 4 is 5.97 Å². The first-order valence-electron chi connectivity index (χ1n) is 4.92. The molecule has 4 nitrogen and oxygen atoms in total. The molecular weight excluding hydrogens is 208 g/mol. The summed E-state index contributed by atoms with van der Waals surface area (Å²) < 4.78 is 9.68. The van der Waals surface area contributed by atoms with Gasteiger partial charge in [-0.2, -0.15) is 0 Å². The molecular formula is C12H16O4. The van der Waals surface area contributed by atoms with E-state index in [-0.39, 0.29) is 0 Å². The summed E-state index contributed by atoms with van der Waals surface area (Å²) in [6.07, 6.45) is -1.24. The molecule has 0 bridgehead atoms. The van der Waals surface area contributed by atoms with Gasteiger partial charge in [0.15, 0.2) is 6.10 Å². The monoisotopic (exact) mass is 224 g/mol. The fraction of sp³-hybridized carbons (Fsp3) is 0.417.